The van der Waals surface area contributed by atoms with Crippen molar-refractivity contribution in [2.45, 2.75) is 18.3 Å². The summed E-state index contributed by atoms with van der Waals surface area (Å²) in [5.41, 5.74) is -0.832. The van der Waals surface area contributed by atoms with Crippen LogP contribution in [0.15, 0.2) is 6.33 Å². The number of aromatic nitrogens is 3. The Balaban J connectivity index is 2.35. The number of carboxylic acids is 1. The van der Waals surface area contributed by atoms with E-state index in [1.54, 1.807) is 11.8 Å². The number of H-pyrrole nitrogens is 1. The van der Waals surface area contributed by atoms with Crippen molar-refractivity contribution >= 4 is 17.7 Å². The van der Waals surface area contributed by atoms with Crippen molar-refractivity contribution in [3.63, 3.8) is 0 Å². The molecule has 0 unspecified atom stereocenters. The molecule has 14 heavy (non-hydrogen) atoms. The monoisotopic (exact) mass is 213 g/mol. The maximum absolute atomic E-state index is 11.3. The number of rotatable bonds is 2. The second kappa shape index (κ2) is 3.61. The van der Waals surface area contributed by atoms with Gasteiger partial charge < -0.3 is 5.11 Å². The molecular formula is C8H11N3O2S. The molecule has 2 heterocycles. The van der Waals surface area contributed by atoms with E-state index in [1.807, 2.05) is 0 Å². The molecule has 1 aliphatic rings. The topological polar surface area (TPSA) is 78.9 Å². The van der Waals surface area contributed by atoms with E-state index in [0.717, 1.165) is 11.5 Å². The van der Waals surface area contributed by atoms with Crippen molar-refractivity contribution in [2.24, 2.45) is 0 Å². The smallest absolute Gasteiger partial charge is 0.317 e. The molecular weight excluding hydrogens is 202 g/mol. The third-order valence-electron chi connectivity index (χ3n) is 2.62. The Morgan fingerprint density at radius 2 is 2.29 bits per heavy atom. The first kappa shape index (κ1) is 9.51. The standard InChI is InChI=1S/C8H11N3O2S/c12-7(13)8(1-3-14-4-2-8)6-9-5-10-11-6/h5H,1-4H2,(H,12,13)(H,9,10,11). The SMILES string of the molecule is O=C(O)C1(c2ncn[nH]2)CCSCC1. The molecule has 0 bridgehead atoms. The number of aromatic amines is 1. The van der Waals surface area contributed by atoms with E-state index in [-0.39, 0.29) is 0 Å². The van der Waals surface area contributed by atoms with Crippen LogP contribution >= 0.6 is 11.8 Å². The molecule has 76 valence electrons. The molecule has 0 saturated carbocycles. The van der Waals surface area contributed by atoms with Crippen molar-refractivity contribution in [1.82, 2.24) is 15.2 Å². The molecule has 1 aromatic heterocycles. The first-order valence-corrected chi connectivity index (χ1v) is 5.58. The summed E-state index contributed by atoms with van der Waals surface area (Å²) in [6.07, 6.45) is 2.62. The molecule has 0 radical (unpaired) electrons. The van der Waals surface area contributed by atoms with Crippen LogP contribution in [0.2, 0.25) is 0 Å². The molecule has 0 aromatic carbocycles. The first-order chi connectivity index (χ1) is 6.76. The van der Waals surface area contributed by atoms with Gasteiger partial charge in [-0.1, -0.05) is 0 Å². The van der Waals surface area contributed by atoms with Crippen LogP contribution in [0.4, 0.5) is 0 Å². The number of nitrogens with one attached hydrogen (secondary N) is 1. The van der Waals surface area contributed by atoms with E-state index in [9.17, 15) is 9.90 Å². The molecule has 2 rings (SSSR count). The minimum Gasteiger partial charge on any atom is -0.480 e. The predicted molar refractivity (Wildman–Crippen MR) is 52.3 cm³/mol. The summed E-state index contributed by atoms with van der Waals surface area (Å²) < 4.78 is 0. The maximum atomic E-state index is 11.3. The molecule has 5 nitrogen and oxygen atoms in total. The minimum atomic E-state index is -0.832. The van der Waals surface area contributed by atoms with Crippen LogP contribution in [-0.2, 0) is 10.2 Å². The normalized spacial score (nSPS) is 20.6. The van der Waals surface area contributed by atoms with E-state index < -0.39 is 11.4 Å². The lowest BCUT2D eigenvalue weighted by atomic mass is 9.81. The van der Waals surface area contributed by atoms with Gasteiger partial charge in [0.05, 0.1) is 0 Å². The Morgan fingerprint density at radius 3 is 2.79 bits per heavy atom. The third kappa shape index (κ3) is 1.39. The van der Waals surface area contributed by atoms with E-state index in [2.05, 4.69) is 15.2 Å². The van der Waals surface area contributed by atoms with Crippen LogP contribution in [0.5, 0.6) is 0 Å². The molecule has 0 atom stereocenters. The van der Waals surface area contributed by atoms with Crippen LogP contribution in [0.25, 0.3) is 0 Å². The van der Waals surface area contributed by atoms with Gasteiger partial charge in [-0.05, 0) is 24.3 Å². The van der Waals surface area contributed by atoms with Crippen molar-refractivity contribution in [1.29, 1.82) is 0 Å². The fourth-order valence-corrected chi connectivity index (χ4v) is 2.90. The fraction of sp³-hybridized carbons (Fsp3) is 0.625. The minimum absolute atomic E-state index is 0.491. The van der Waals surface area contributed by atoms with Gasteiger partial charge in [0.1, 0.15) is 17.6 Å². The van der Waals surface area contributed by atoms with Gasteiger partial charge in [0.25, 0.3) is 0 Å². The molecule has 6 heteroatoms. The molecule has 1 fully saturated rings. The van der Waals surface area contributed by atoms with Crippen LogP contribution in [0.3, 0.4) is 0 Å². The predicted octanol–water partition coefficient (Wildman–Crippen LogP) is 0.654. The average molecular weight is 213 g/mol. The summed E-state index contributed by atoms with van der Waals surface area (Å²) in [5, 5.41) is 15.7. The van der Waals surface area contributed by atoms with Crippen molar-refractivity contribution in [3.05, 3.63) is 12.2 Å². The molecule has 1 aromatic rings. The number of thioether (sulfide) groups is 1. The van der Waals surface area contributed by atoms with E-state index in [0.29, 0.717) is 18.7 Å². The molecule has 0 aliphatic carbocycles. The van der Waals surface area contributed by atoms with Gasteiger partial charge in [-0.15, -0.1) is 0 Å². The van der Waals surface area contributed by atoms with Crippen LogP contribution in [-0.4, -0.2) is 37.8 Å². The zero-order valence-corrected chi connectivity index (χ0v) is 8.38. The van der Waals surface area contributed by atoms with Gasteiger partial charge >= 0.3 is 5.97 Å². The van der Waals surface area contributed by atoms with Crippen molar-refractivity contribution in [3.8, 4) is 0 Å². The summed E-state index contributed by atoms with van der Waals surface area (Å²) in [4.78, 5) is 15.3. The molecule has 2 N–H and O–H groups in total. The first-order valence-electron chi connectivity index (χ1n) is 4.43. The van der Waals surface area contributed by atoms with E-state index in [1.165, 1.54) is 6.33 Å². The van der Waals surface area contributed by atoms with Crippen LogP contribution in [0, 0.1) is 0 Å². The Morgan fingerprint density at radius 1 is 1.57 bits per heavy atom. The van der Waals surface area contributed by atoms with Gasteiger partial charge in [-0.25, -0.2) is 4.98 Å². The van der Waals surface area contributed by atoms with Gasteiger partial charge in [-0.2, -0.15) is 16.9 Å². The number of nitrogens with zero attached hydrogens (tertiary/aromatic N) is 2. The number of hydrogen-bond acceptors (Lipinski definition) is 4. The van der Waals surface area contributed by atoms with Gasteiger partial charge in [0, 0.05) is 0 Å². The maximum Gasteiger partial charge on any atom is 0.317 e. The van der Waals surface area contributed by atoms with Crippen LogP contribution < -0.4 is 0 Å². The Hall–Kier alpha value is -1.04. The lowest BCUT2D eigenvalue weighted by Crippen LogP contribution is -2.40. The highest BCUT2D eigenvalue weighted by Gasteiger charge is 2.44. The summed E-state index contributed by atoms with van der Waals surface area (Å²) in [7, 11) is 0. The Bertz CT molecular complexity index is 319. The van der Waals surface area contributed by atoms with Crippen LogP contribution in [0.1, 0.15) is 18.7 Å². The molecule has 0 amide bonds. The number of carbonyl (C=O) groups is 1. The number of aliphatic carboxylic acids is 1. The zero-order chi connectivity index (χ0) is 10.0. The second-order valence-electron chi connectivity index (χ2n) is 3.33. The average Bonchev–Trinajstić information content (AvgIpc) is 2.72. The lowest BCUT2D eigenvalue weighted by molar-refractivity contribution is -0.144. The Kier molecular flexibility index (Phi) is 2.45. The summed E-state index contributed by atoms with van der Waals surface area (Å²) in [5.74, 6) is 1.43. The molecule has 0 spiro atoms. The highest BCUT2D eigenvalue weighted by atomic mass is 32.2. The van der Waals surface area contributed by atoms with Crippen molar-refractivity contribution in [2.75, 3.05) is 11.5 Å². The van der Waals surface area contributed by atoms with E-state index in [4.69, 9.17) is 0 Å². The zero-order valence-electron chi connectivity index (χ0n) is 7.56. The fourth-order valence-electron chi connectivity index (χ4n) is 1.71. The Labute approximate surface area is 85.3 Å². The van der Waals surface area contributed by atoms with Gasteiger partial charge in [0.15, 0.2) is 0 Å². The van der Waals surface area contributed by atoms with Gasteiger partial charge in [-0.3, -0.25) is 9.89 Å². The number of hydrogen-bond donors (Lipinski definition) is 2. The van der Waals surface area contributed by atoms with E-state index >= 15 is 0 Å². The number of carboxylic acid groups (broad SMARTS) is 1. The molecule has 1 saturated heterocycles. The summed E-state index contributed by atoms with van der Waals surface area (Å²) >= 11 is 1.79. The largest absolute Gasteiger partial charge is 0.480 e. The van der Waals surface area contributed by atoms with Crippen molar-refractivity contribution < 1.29 is 9.90 Å². The third-order valence-corrected chi connectivity index (χ3v) is 3.61. The van der Waals surface area contributed by atoms with Gasteiger partial charge in [0.2, 0.25) is 0 Å². The highest BCUT2D eigenvalue weighted by Crippen LogP contribution is 2.36. The highest BCUT2D eigenvalue weighted by molar-refractivity contribution is 7.99. The second-order valence-corrected chi connectivity index (χ2v) is 4.56. The quantitative estimate of drug-likeness (QED) is 0.754. The summed E-state index contributed by atoms with van der Waals surface area (Å²) in [6, 6.07) is 0. The molecule has 1 aliphatic heterocycles. The lowest BCUT2D eigenvalue weighted by Gasteiger charge is -2.30. The summed E-state index contributed by atoms with van der Waals surface area (Å²) in [6.45, 7) is 0.